The largest absolute Gasteiger partial charge is 0.476 e. The van der Waals surface area contributed by atoms with Crippen LogP contribution < -0.4 is 10.1 Å². The number of carbonyl (C=O) groups is 1. The predicted octanol–water partition coefficient (Wildman–Crippen LogP) is 4.77. The fourth-order valence-electron chi connectivity index (χ4n) is 3.17. The van der Waals surface area contributed by atoms with Crippen molar-refractivity contribution in [3.8, 4) is 5.75 Å². The molecular weight excluding hydrogens is 372 g/mol. The number of nitrogens with one attached hydrogen (secondary N) is 1. The molecule has 0 fully saturated rings. The lowest BCUT2D eigenvalue weighted by Crippen LogP contribution is -2.43. The Morgan fingerprint density at radius 2 is 1.54 bits per heavy atom. The van der Waals surface area contributed by atoms with Crippen molar-refractivity contribution in [3.63, 3.8) is 0 Å². The molecule has 0 aliphatic rings. The normalized spacial score (nSPS) is 12.0. The van der Waals surface area contributed by atoms with E-state index in [1.54, 1.807) is 0 Å². The molecule has 0 radical (unpaired) electrons. The first-order chi connectivity index (χ1) is 12.9. The minimum absolute atomic E-state index is 0. The van der Waals surface area contributed by atoms with Gasteiger partial charge in [-0.15, -0.1) is 12.4 Å². The van der Waals surface area contributed by atoms with Gasteiger partial charge in [0.15, 0.2) is 0 Å². The number of amides is 1. The summed E-state index contributed by atoms with van der Waals surface area (Å²) in [6.45, 7) is 12.1. The third-order valence-electron chi connectivity index (χ3n) is 4.61. The van der Waals surface area contributed by atoms with E-state index < -0.39 is 6.10 Å². The van der Waals surface area contributed by atoms with Crippen molar-refractivity contribution in [1.82, 2.24) is 10.2 Å². The summed E-state index contributed by atoms with van der Waals surface area (Å²) in [5, 5.41) is 3.05. The molecule has 0 heterocycles. The second kappa shape index (κ2) is 11.7. The number of ether oxygens (including phenoxy) is 1. The van der Waals surface area contributed by atoms with Gasteiger partial charge in [0.1, 0.15) is 5.75 Å². The van der Waals surface area contributed by atoms with E-state index in [1.165, 1.54) is 0 Å². The number of hydrogen-bond acceptors (Lipinski definition) is 3. The number of rotatable bonds is 9. The lowest BCUT2D eigenvalue weighted by atomic mass is 10.1. The predicted molar refractivity (Wildman–Crippen MR) is 118 cm³/mol. The first-order valence-corrected chi connectivity index (χ1v) is 9.70. The van der Waals surface area contributed by atoms with Crippen LogP contribution in [0.1, 0.15) is 44.9 Å². The molecule has 0 bridgehead atoms. The lowest BCUT2D eigenvalue weighted by Gasteiger charge is -2.30. The van der Waals surface area contributed by atoms with Crippen LogP contribution in [0.4, 0.5) is 0 Å². The quantitative estimate of drug-likeness (QED) is 0.654. The molecule has 5 heteroatoms. The summed E-state index contributed by atoms with van der Waals surface area (Å²) in [6.07, 6.45) is -0.666. The van der Waals surface area contributed by atoms with Crippen molar-refractivity contribution in [3.05, 3.63) is 65.7 Å². The molecule has 0 aliphatic heterocycles. The zero-order chi connectivity index (χ0) is 19.8. The molecule has 154 valence electrons. The van der Waals surface area contributed by atoms with Gasteiger partial charge in [-0.2, -0.15) is 0 Å². The minimum Gasteiger partial charge on any atom is -0.476 e. The highest BCUT2D eigenvalue weighted by atomic mass is 35.5. The first kappa shape index (κ1) is 24.0. The third-order valence-corrected chi connectivity index (χ3v) is 4.61. The van der Waals surface area contributed by atoms with Crippen molar-refractivity contribution in [2.45, 2.75) is 52.8 Å². The number of carbonyl (C=O) groups excluding carboxylic acids is 1. The van der Waals surface area contributed by atoms with Crippen molar-refractivity contribution < 1.29 is 9.53 Å². The molecular formula is C23H33ClN2O2. The molecule has 2 aromatic rings. The number of benzene rings is 2. The van der Waals surface area contributed by atoms with E-state index in [1.807, 2.05) is 61.5 Å². The van der Waals surface area contributed by atoms with Gasteiger partial charge in [0.2, 0.25) is 6.10 Å². The van der Waals surface area contributed by atoms with Crippen LogP contribution in [-0.4, -0.2) is 36.0 Å². The molecule has 2 aromatic carbocycles. The van der Waals surface area contributed by atoms with E-state index in [2.05, 4.69) is 37.9 Å². The van der Waals surface area contributed by atoms with E-state index in [0.29, 0.717) is 24.4 Å². The molecule has 0 saturated carbocycles. The van der Waals surface area contributed by atoms with Crippen molar-refractivity contribution in [2.24, 2.45) is 0 Å². The Balaban J connectivity index is 0.00000392. The summed E-state index contributed by atoms with van der Waals surface area (Å²) in [5.74, 6) is 0.574. The van der Waals surface area contributed by atoms with Crippen LogP contribution in [0.2, 0.25) is 0 Å². The summed E-state index contributed by atoms with van der Waals surface area (Å²) in [6, 6.07) is 18.3. The van der Waals surface area contributed by atoms with E-state index in [0.717, 1.165) is 17.7 Å². The maximum Gasteiger partial charge on any atom is 0.265 e. The number of nitrogens with zero attached hydrogens (tertiary/aromatic N) is 1. The summed E-state index contributed by atoms with van der Waals surface area (Å²) >= 11 is 0. The van der Waals surface area contributed by atoms with Crippen molar-refractivity contribution >= 4 is 18.3 Å². The van der Waals surface area contributed by atoms with Gasteiger partial charge in [0.05, 0.1) is 0 Å². The molecule has 1 amide bonds. The standard InChI is InChI=1S/C23H32N2O2.ClH/c1-17(2)25(18(3)4)16-15-24-23(26)22(20-9-7-6-8-10-20)27-21-13-11-19(5)12-14-21;/h6-14,17-18,22H,15-16H2,1-5H3,(H,24,26);1H. The maximum atomic E-state index is 12.9. The van der Waals surface area contributed by atoms with Gasteiger partial charge >= 0.3 is 0 Å². The van der Waals surface area contributed by atoms with Gasteiger partial charge in [-0.05, 0) is 46.8 Å². The second-order valence-corrected chi connectivity index (χ2v) is 7.44. The van der Waals surface area contributed by atoms with E-state index in [-0.39, 0.29) is 18.3 Å². The van der Waals surface area contributed by atoms with Crippen LogP contribution in [0.5, 0.6) is 5.75 Å². The topological polar surface area (TPSA) is 41.6 Å². The highest BCUT2D eigenvalue weighted by molar-refractivity contribution is 5.85. The molecule has 1 N–H and O–H groups in total. The Hall–Kier alpha value is -2.04. The van der Waals surface area contributed by atoms with Crippen LogP contribution in [0, 0.1) is 6.92 Å². The van der Waals surface area contributed by atoms with Crippen LogP contribution in [-0.2, 0) is 4.79 Å². The fraction of sp³-hybridized carbons (Fsp3) is 0.435. The molecule has 0 spiro atoms. The Kier molecular flexibility index (Phi) is 10.0. The van der Waals surface area contributed by atoms with E-state index >= 15 is 0 Å². The molecule has 2 rings (SSSR count). The van der Waals surface area contributed by atoms with Gasteiger partial charge in [0.25, 0.3) is 5.91 Å². The zero-order valence-corrected chi connectivity index (χ0v) is 18.3. The molecule has 1 atom stereocenters. The Bertz CT molecular complexity index is 694. The van der Waals surface area contributed by atoms with Crippen molar-refractivity contribution in [1.29, 1.82) is 0 Å². The number of aryl methyl sites for hydroxylation is 1. The van der Waals surface area contributed by atoms with Gasteiger partial charge in [0, 0.05) is 30.7 Å². The molecule has 0 aliphatic carbocycles. The van der Waals surface area contributed by atoms with E-state index in [4.69, 9.17) is 4.74 Å². The van der Waals surface area contributed by atoms with Crippen LogP contribution in [0.15, 0.2) is 54.6 Å². The smallest absolute Gasteiger partial charge is 0.265 e. The first-order valence-electron chi connectivity index (χ1n) is 9.70. The van der Waals surface area contributed by atoms with E-state index in [9.17, 15) is 4.79 Å². The molecule has 0 aromatic heterocycles. The van der Waals surface area contributed by atoms with Crippen LogP contribution >= 0.6 is 12.4 Å². The number of hydrogen-bond donors (Lipinski definition) is 1. The van der Waals surface area contributed by atoms with Crippen LogP contribution in [0.3, 0.4) is 0 Å². The summed E-state index contributed by atoms with van der Waals surface area (Å²) < 4.78 is 6.04. The molecule has 4 nitrogen and oxygen atoms in total. The Morgan fingerprint density at radius 1 is 0.964 bits per heavy atom. The van der Waals surface area contributed by atoms with Gasteiger partial charge in [-0.3, -0.25) is 9.69 Å². The summed E-state index contributed by atoms with van der Waals surface area (Å²) in [7, 11) is 0. The molecule has 1 unspecified atom stereocenters. The average Bonchev–Trinajstić information content (AvgIpc) is 2.64. The number of halogens is 1. The van der Waals surface area contributed by atoms with Gasteiger partial charge < -0.3 is 10.1 Å². The minimum atomic E-state index is -0.666. The van der Waals surface area contributed by atoms with Gasteiger partial charge in [-0.1, -0.05) is 48.0 Å². The molecule has 0 saturated heterocycles. The summed E-state index contributed by atoms with van der Waals surface area (Å²) in [4.78, 5) is 15.2. The lowest BCUT2D eigenvalue weighted by molar-refractivity contribution is -0.128. The average molecular weight is 405 g/mol. The monoisotopic (exact) mass is 404 g/mol. The Labute approximate surface area is 175 Å². The summed E-state index contributed by atoms with van der Waals surface area (Å²) in [5.41, 5.74) is 2.01. The fourth-order valence-corrected chi connectivity index (χ4v) is 3.17. The Morgan fingerprint density at radius 3 is 2.07 bits per heavy atom. The zero-order valence-electron chi connectivity index (χ0n) is 17.5. The van der Waals surface area contributed by atoms with Crippen LogP contribution in [0.25, 0.3) is 0 Å². The highest BCUT2D eigenvalue weighted by Gasteiger charge is 2.23. The maximum absolute atomic E-state index is 12.9. The third kappa shape index (κ3) is 7.17. The highest BCUT2D eigenvalue weighted by Crippen LogP contribution is 2.22. The molecule has 28 heavy (non-hydrogen) atoms. The van der Waals surface area contributed by atoms with Crippen molar-refractivity contribution in [2.75, 3.05) is 13.1 Å². The van der Waals surface area contributed by atoms with Gasteiger partial charge in [-0.25, -0.2) is 0 Å². The second-order valence-electron chi connectivity index (χ2n) is 7.44. The SMILES string of the molecule is Cc1ccc(OC(C(=O)NCCN(C(C)C)C(C)C)c2ccccc2)cc1.Cl.